The Labute approximate surface area is 92.8 Å². The zero-order chi connectivity index (χ0) is 12.0. The highest BCUT2D eigenvalue weighted by Crippen LogP contribution is 1.93. The maximum Gasteiger partial charge on any atom is 0.157 e. The van der Waals surface area contributed by atoms with Crippen LogP contribution in [0.25, 0.3) is 11.4 Å². The molecule has 0 radical (unpaired) electrons. The van der Waals surface area contributed by atoms with Gasteiger partial charge in [-0.15, -0.1) is 0 Å². The molecular weight excluding hydrogens is 200 g/mol. The third kappa shape index (κ3) is 2.20. The van der Waals surface area contributed by atoms with E-state index in [1.807, 2.05) is 12.1 Å². The molecule has 0 amide bonds. The van der Waals surface area contributed by atoms with E-state index in [4.69, 9.17) is 10.5 Å². The summed E-state index contributed by atoms with van der Waals surface area (Å²) in [5.74, 6) is 0.419. The standard InChI is InChI=1S/C12H8N4/c1-15-12(16-2)10-5-3-9(4-6-10)11(7-13)8-14/h3-6H,1-2H2. The minimum atomic E-state index is 0.0752. The van der Waals surface area contributed by atoms with E-state index in [1.54, 1.807) is 24.3 Å². The summed E-state index contributed by atoms with van der Waals surface area (Å²) in [5, 5.41) is 18.7. The molecule has 0 fully saturated rings. The fraction of sp³-hybridized carbons (Fsp3) is 0. The SMILES string of the molecule is C=NC(N=C)=c1ccc(=C(C#N)C#N)cc1. The van der Waals surface area contributed by atoms with Crippen molar-refractivity contribution in [2.24, 2.45) is 9.98 Å². The van der Waals surface area contributed by atoms with Crippen molar-refractivity contribution in [3.8, 4) is 12.1 Å². The van der Waals surface area contributed by atoms with E-state index in [2.05, 4.69) is 23.4 Å². The number of hydrogen-bond acceptors (Lipinski definition) is 4. The van der Waals surface area contributed by atoms with Crippen molar-refractivity contribution in [3.63, 3.8) is 0 Å². The molecule has 0 heterocycles. The van der Waals surface area contributed by atoms with Crippen molar-refractivity contribution in [2.75, 3.05) is 0 Å². The Morgan fingerprint density at radius 2 is 1.38 bits per heavy atom. The Hall–Kier alpha value is -2.72. The molecule has 1 aromatic carbocycles. The van der Waals surface area contributed by atoms with Gasteiger partial charge in [-0.25, -0.2) is 9.98 Å². The molecule has 76 valence electrons. The Bertz CT molecular complexity index is 577. The maximum absolute atomic E-state index is 8.68. The van der Waals surface area contributed by atoms with E-state index in [9.17, 15) is 0 Å². The summed E-state index contributed by atoms with van der Waals surface area (Å²) in [7, 11) is 0. The lowest BCUT2D eigenvalue weighted by atomic mass is 10.2. The van der Waals surface area contributed by atoms with Gasteiger partial charge in [-0.05, 0) is 13.4 Å². The molecule has 0 aliphatic rings. The fourth-order valence-corrected chi connectivity index (χ4v) is 1.17. The third-order valence-corrected chi connectivity index (χ3v) is 1.95. The van der Waals surface area contributed by atoms with Gasteiger partial charge in [0.15, 0.2) is 5.82 Å². The summed E-state index contributed by atoms with van der Waals surface area (Å²) >= 11 is 0. The van der Waals surface area contributed by atoms with E-state index < -0.39 is 0 Å². The summed E-state index contributed by atoms with van der Waals surface area (Å²) in [4.78, 5) is 7.38. The van der Waals surface area contributed by atoms with E-state index in [1.165, 1.54) is 0 Å². The van der Waals surface area contributed by atoms with Gasteiger partial charge in [0.2, 0.25) is 0 Å². The first-order valence-corrected chi connectivity index (χ1v) is 4.35. The zero-order valence-electron chi connectivity index (χ0n) is 8.51. The molecule has 1 rings (SSSR count). The quantitative estimate of drug-likeness (QED) is 0.658. The highest BCUT2D eigenvalue weighted by molar-refractivity contribution is 5.72. The minimum absolute atomic E-state index is 0.0752. The van der Waals surface area contributed by atoms with Gasteiger partial charge < -0.3 is 0 Å². The predicted octanol–water partition coefficient (Wildman–Crippen LogP) is 0.351. The summed E-state index contributed by atoms with van der Waals surface area (Å²) in [6.07, 6.45) is 0. The molecule has 0 aliphatic heterocycles. The molecule has 1 aromatic rings. The molecule has 0 aromatic heterocycles. The lowest BCUT2D eigenvalue weighted by Crippen LogP contribution is -2.11. The van der Waals surface area contributed by atoms with Crippen molar-refractivity contribution in [1.82, 2.24) is 0 Å². The van der Waals surface area contributed by atoms with Crippen LogP contribution in [0, 0.1) is 22.7 Å². The van der Waals surface area contributed by atoms with Crippen molar-refractivity contribution >= 4 is 24.8 Å². The van der Waals surface area contributed by atoms with Crippen LogP contribution in [-0.4, -0.2) is 13.4 Å². The molecule has 0 spiro atoms. The molecule has 0 atom stereocenters. The first kappa shape index (κ1) is 11.4. The molecule has 4 nitrogen and oxygen atoms in total. The lowest BCUT2D eigenvalue weighted by Gasteiger charge is -1.92. The van der Waals surface area contributed by atoms with Crippen LogP contribution in [-0.2, 0) is 0 Å². The third-order valence-electron chi connectivity index (χ3n) is 1.95. The molecule has 16 heavy (non-hydrogen) atoms. The van der Waals surface area contributed by atoms with Crippen LogP contribution >= 0.6 is 0 Å². The van der Waals surface area contributed by atoms with Gasteiger partial charge in [-0.3, -0.25) is 0 Å². The molecule has 0 saturated carbocycles. The lowest BCUT2D eigenvalue weighted by molar-refractivity contribution is 1.39. The van der Waals surface area contributed by atoms with E-state index >= 15 is 0 Å². The van der Waals surface area contributed by atoms with Crippen LogP contribution in [0.3, 0.4) is 0 Å². The second kappa shape index (κ2) is 5.23. The predicted molar refractivity (Wildman–Crippen MR) is 62.8 cm³/mol. The van der Waals surface area contributed by atoms with Gasteiger partial charge in [0, 0.05) is 10.4 Å². The number of benzene rings is 1. The Morgan fingerprint density at radius 1 is 0.938 bits per heavy atom. The monoisotopic (exact) mass is 208 g/mol. The van der Waals surface area contributed by atoms with Gasteiger partial charge >= 0.3 is 0 Å². The van der Waals surface area contributed by atoms with Crippen molar-refractivity contribution < 1.29 is 0 Å². The molecule has 0 unspecified atom stereocenters. The maximum atomic E-state index is 8.68. The van der Waals surface area contributed by atoms with Gasteiger partial charge in [0.05, 0.1) is 0 Å². The van der Waals surface area contributed by atoms with Gasteiger partial charge in [-0.2, -0.15) is 10.5 Å². The zero-order valence-corrected chi connectivity index (χ0v) is 8.51. The van der Waals surface area contributed by atoms with Crippen LogP contribution in [0.15, 0.2) is 34.3 Å². The molecule has 0 aliphatic carbocycles. The van der Waals surface area contributed by atoms with Crippen LogP contribution in [0.2, 0.25) is 0 Å². The van der Waals surface area contributed by atoms with E-state index in [0.29, 0.717) is 11.0 Å². The average Bonchev–Trinajstić information content (AvgIpc) is 2.34. The normalized spacial score (nSPS) is 8.38. The Kier molecular flexibility index (Phi) is 3.71. The second-order valence-electron chi connectivity index (χ2n) is 2.82. The molecule has 0 N–H and O–H groups in total. The number of rotatable bonds is 2. The highest BCUT2D eigenvalue weighted by Gasteiger charge is 1.94. The summed E-state index contributed by atoms with van der Waals surface area (Å²) in [6, 6.07) is 10.4. The van der Waals surface area contributed by atoms with Crippen LogP contribution in [0.1, 0.15) is 0 Å². The van der Waals surface area contributed by atoms with Gasteiger partial charge in [0.1, 0.15) is 17.7 Å². The van der Waals surface area contributed by atoms with E-state index in [-0.39, 0.29) is 5.57 Å². The van der Waals surface area contributed by atoms with Crippen molar-refractivity contribution in [1.29, 1.82) is 10.5 Å². The molecule has 0 saturated heterocycles. The van der Waals surface area contributed by atoms with E-state index in [0.717, 1.165) is 5.22 Å². The van der Waals surface area contributed by atoms with Crippen LogP contribution in [0.5, 0.6) is 0 Å². The van der Waals surface area contributed by atoms with Gasteiger partial charge in [-0.1, -0.05) is 24.3 Å². The number of aliphatic imine (C=N–C) groups is 2. The summed E-state index contributed by atoms with van der Waals surface area (Å²) in [6.45, 7) is 6.73. The largest absolute Gasteiger partial charge is 0.245 e. The smallest absolute Gasteiger partial charge is 0.157 e. The van der Waals surface area contributed by atoms with Crippen molar-refractivity contribution in [3.05, 3.63) is 34.7 Å². The summed E-state index contributed by atoms with van der Waals surface area (Å²) < 4.78 is 0. The van der Waals surface area contributed by atoms with Crippen LogP contribution in [0.4, 0.5) is 0 Å². The minimum Gasteiger partial charge on any atom is -0.245 e. The van der Waals surface area contributed by atoms with Gasteiger partial charge in [0.25, 0.3) is 0 Å². The fourth-order valence-electron chi connectivity index (χ4n) is 1.17. The highest BCUT2D eigenvalue weighted by atomic mass is 14.9. The Morgan fingerprint density at radius 3 is 1.75 bits per heavy atom. The topological polar surface area (TPSA) is 72.3 Å². The molecule has 0 bridgehead atoms. The molecular formula is C12H8N4. The second-order valence-corrected chi connectivity index (χ2v) is 2.82. The first-order chi connectivity index (χ1) is 7.76. The summed E-state index contributed by atoms with van der Waals surface area (Å²) in [5.41, 5.74) is 0.0752. The Balaban J connectivity index is 3.54. The molecule has 4 heteroatoms. The average molecular weight is 208 g/mol. The number of nitriles is 2. The number of hydrogen-bond donors (Lipinski definition) is 0. The van der Waals surface area contributed by atoms with Crippen molar-refractivity contribution in [2.45, 2.75) is 0 Å². The first-order valence-electron chi connectivity index (χ1n) is 4.35. The van der Waals surface area contributed by atoms with Crippen LogP contribution < -0.4 is 10.4 Å². The number of nitrogens with zero attached hydrogens (tertiary/aromatic N) is 4.